The summed E-state index contributed by atoms with van der Waals surface area (Å²) >= 11 is 10.7. The molecule has 68 valence electrons. The summed E-state index contributed by atoms with van der Waals surface area (Å²) in [6.07, 6.45) is 1.83. The molecule has 0 amide bonds. The summed E-state index contributed by atoms with van der Waals surface area (Å²) in [5.41, 5.74) is 1.07. The highest BCUT2D eigenvalue weighted by Gasteiger charge is 2.07. The van der Waals surface area contributed by atoms with Gasteiger partial charge in [-0.3, -0.25) is 0 Å². The van der Waals surface area contributed by atoms with Crippen LogP contribution in [0.15, 0.2) is 23.1 Å². The predicted octanol–water partition coefficient (Wildman–Crippen LogP) is 3.56. The van der Waals surface area contributed by atoms with E-state index >= 15 is 0 Å². The molecule has 0 spiro atoms. The van der Waals surface area contributed by atoms with Gasteiger partial charge in [0.05, 0.1) is 21.1 Å². The van der Waals surface area contributed by atoms with Gasteiger partial charge in [0, 0.05) is 7.05 Å². The van der Waals surface area contributed by atoms with Crippen LogP contribution in [0.4, 0.5) is 0 Å². The molecule has 0 aliphatic carbocycles. The lowest BCUT2D eigenvalue weighted by Gasteiger charge is -1.98. The number of halogens is 2. The van der Waals surface area contributed by atoms with Crippen LogP contribution in [0.5, 0.6) is 0 Å². The summed E-state index contributed by atoms with van der Waals surface area (Å²) in [5.74, 6) is 0. The van der Waals surface area contributed by atoms with Crippen LogP contribution < -0.4 is 0 Å². The van der Waals surface area contributed by atoms with Gasteiger partial charge in [0.2, 0.25) is 0 Å². The number of hydrogen-bond acceptors (Lipinski definition) is 2. The highest BCUT2D eigenvalue weighted by Crippen LogP contribution is 2.31. The SMILES string of the molecule is Cn1c(-c2ccc(Cl)s2)cnc1Br. The van der Waals surface area contributed by atoms with E-state index in [1.165, 1.54) is 0 Å². The van der Waals surface area contributed by atoms with E-state index in [0.29, 0.717) is 0 Å². The summed E-state index contributed by atoms with van der Waals surface area (Å²) in [6, 6.07) is 3.89. The Morgan fingerprint density at radius 3 is 2.77 bits per heavy atom. The number of rotatable bonds is 1. The molecule has 0 fully saturated rings. The van der Waals surface area contributed by atoms with Gasteiger partial charge in [0.15, 0.2) is 4.73 Å². The van der Waals surface area contributed by atoms with Crippen LogP contribution in [-0.2, 0) is 7.05 Å². The molecular formula is C8H6BrClN2S. The number of imidazole rings is 1. The van der Waals surface area contributed by atoms with Crippen molar-refractivity contribution in [3.05, 3.63) is 27.4 Å². The number of aromatic nitrogens is 2. The van der Waals surface area contributed by atoms with Gasteiger partial charge in [0.25, 0.3) is 0 Å². The van der Waals surface area contributed by atoms with Gasteiger partial charge in [-0.15, -0.1) is 11.3 Å². The van der Waals surface area contributed by atoms with Crippen LogP contribution >= 0.6 is 38.9 Å². The summed E-state index contributed by atoms with van der Waals surface area (Å²) in [6.45, 7) is 0. The molecule has 13 heavy (non-hydrogen) atoms. The molecule has 0 N–H and O–H groups in total. The van der Waals surface area contributed by atoms with Crippen molar-refractivity contribution < 1.29 is 0 Å². The zero-order valence-corrected chi connectivity index (χ0v) is 9.95. The van der Waals surface area contributed by atoms with Crippen molar-refractivity contribution in [2.45, 2.75) is 0 Å². The van der Waals surface area contributed by atoms with Crippen LogP contribution in [0.2, 0.25) is 4.34 Å². The topological polar surface area (TPSA) is 17.8 Å². The first-order valence-corrected chi connectivity index (χ1v) is 5.60. The Kier molecular flexibility index (Phi) is 2.45. The van der Waals surface area contributed by atoms with E-state index in [9.17, 15) is 0 Å². The first-order chi connectivity index (χ1) is 6.18. The molecule has 0 atom stereocenters. The molecule has 2 heterocycles. The highest BCUT2D eigenvalue weighted by molar-refractivity contribution is 9.10. The largest absolute Gasteiger partial charge is 0.321 e. The Balaban J connectivity index is 2.52. The Bertz CT molecular complexity index is 435. The third-order valence-corrected chi connectivity index (χ3v) is 3.75. The normalized spacial score (nSPS) is 10.7. The van der Waals surface area contributed by atoms with Gasteiger partial charge in [-0.25, -0.2) is 4.98 Å². The minimum Gasteiger partial charge on any atom is -0.321 e. The Morgan fingerprint density at radius 1 is 1.54 bits per heavy atom. The maximum absolute atomic E-state index is 5.85. The highest BCUT2D eigenvalue weighted by atomic mass is 79.9. The molecule has 0 unspecified atom stereocenters. The first-order valence-electron chi connectivity index (χ1n) is 3.61. The van der Waals surface area contributed by atoms with Crippen LogP contribution in [0.3, 0.4) is 0 Å². The van der Waals surface area contributed by atoms with Crippen molar-refractivity contribution in [3.63, 3.8) is 0 Å². The minimum atomic E-state index is 0.798. The molecule has 0 saturated heterocycles. The van der Waals surface area contributed by atoms with Gasteiger partial charge in [-0.2, -0.15) is 0 Å². The Labute approximate surface area is 93.3 Å². The fourth-order valence-corrected chi connectivity index (χ4v) is 2.45. The lowest BCUT2D eigenvalue weighted by Crippen LogP contribution is -1.89. The summed E-state index contributed by atoms with van der Waals surface area (Å²) < 4.78 is 3.60. The third kappa shape index (κ3) is 1.66. The molecule has 2 rings (SSSR count). The Hall–Kier alpha value is -0.320. The van der Waals surface area contributed by atoms with Gasteiger partial charge in [0.1, 0.15) is 0 Å². The van der Waals surface area contributed by atoms with Gasteiger partial charge >= 0.3 is 0 Å². The van der Waals surface area contributed by atoms with E-state index in [4.69, 9.17) is 11.6 Å². The first kappa shape index (κ1) is 9.24. The molecule has 0 saturated carbocycles. The molecule has 0 aliphatic rings. The molecule has 0 aromatic carbocycles. The standard InChI is InChI=1S/C8H6BrClN2S/c1-12-5(4-11-8(12)9)6-2-3-7(10)13-6/h2-4H,1H3. The maximum atomic E-state index is 5.85. The van der Waals surface area contributed by atoms with Crippen molar-refractivity contribution >= 4 is 38.9 Å². The van der Waals surface area contributed by atoms with Crippen molar-refractivity contribution in [2.75, 3.05) is 0 Å². The molecule has 2 aromatic rings. The third-order valence-electron chi connectivity index (χ3n) is 1.76. The second kappa shape index (κ2) is 3.44. The van der Waals surface area contributed by atoms with Crippen LogP contribution in [0, 0.1) is 0 Å². The van der Waals surface area contributed by atoms with E-state index in [2.05, 4.69) is 20.9 Å². The van der Waals surface area contributed by atoms with Crippen LogP contribution in [0.1, 0.15) is 0 Å². The molecular weight excluding hydrogens is 272 g/mol. The molecule has 0 aliphatic heterocycles. The van der Waals surface area contributed by atoms with Crippen molar-refractivity contribution in [1.82, 2.24) is 9.55 Å². The van der Waals surface area contributed by atoms with Crippen LogP contribution in [-0.4, -0.2) is 9.55 Å². The van der Waals surface area contributed by atoms with E-state index < -0.39 is 0 Å². The quantitative estimate of drug-likeness (QED) is 0.779. The average Bonchev–Trinajstić information content (AvgIpc) is 2.62. The molecule has 2 nitrogen and oxygen atoms in total. The van der Waals surface area contributed by atoms with Crippen LogP contribution in [0.25, 0.3) is 10.6 Å². The Morgan fingerprint density at radius 2 is 2.31 bits per heavy atom. The number of thiophene rings is 1. The number of nitrogens with zero attached hydrogens (tertiary/aromatic N) is 2. The van der Waals surface area contributed by atoms with Crippen molar-refractivity contribution in [1.29, 1.82) is 0 Å². The second-order valence-electron chi connectivity index (χ2n) is 2.58. The van der Waals surface area contributed by atoms with Gasteiger partial charge in [-0.05, 0) is 28.1 Å². The lowest BCUT2D eigenvalue weighted by atomic mass is 10.4. The summed E-state index contributed by atoms with van der Waals surface area (Å²) in [7, 11) is 1.96. The minimum absolute atomic E-state index is 0.798. The maximum Gasteiger partial charge on any atom is 0.177 e. The number of hydrogen-bond donors (Lipinski definition) is 0. The fraction of sp³-hybridized carbons (Fsp3) is 0.125. The van der Waals surface area contributed by atoms with E-state index in [0.717, 1.165) is 19.6 Å². The average molecular weight is 278 g/mol. The molecule has 0 bridgehead atoms. The zero-order chi connectivity index (χ0) is 9.42. The molecule has 2 aromatic heterocycles. The van der Waals surface area contributed by atoms with Crippen molar-refractivity contribution in [3.8, 4) is 10.6 Å². The molecule has 5 heteroatoms. The van der Waals surface area contributed by atoms with E-state index in [-0.39, 0.29) is 0 Å². The summed E-state index contributed by atoms with van der Waals surface area (Å²) in [5, 5.41) is 0. The predicted molar refractivity (Wildman–Crippen MR) is 59.2 cm³/mol. The van der Waals surface area contributed by atoms with E-state index in [1.807, 2.05) is 29.9 Å². The van der Waals surface area contributed by atoms with E-state index in [1.54, 1.807) is 11.3 Å². The van der Waals surface area contributed by atoms with Gasteiger partial charge < -0.3 is 4.57 Å². The lowest BCUT2D eigenvalue weighted by molar-refractivity contribution is 0.890. The summed E-state index contributed by atoms with van der Waals surface area (Å²) in [4.78, 5) is 5.28. The monoisotopic (exact) mass is 276 g/mol. The van der Waals surface area contributed by atoms with Crippen molar-refractivity contribution in [2.24, 2.45) is 7.05 Å². The van der Waals surface area contributed by atoms with Gasteiger partial charge in [-0.1, -0.05) is 11.6 Å². The second-order valence-corrected chi connectivity index (χ2v) is 5.00. The molecule has 0 radical (unpaired) electrons. The smallest absolute Gasteiger partial charge is 0.177 e. The zero-order valence-electron chi connectivity index (χ0n) is 6.79. The fourth-order valence-electron chi connectivity index (χ4n) is 1.07.